The number of methoxy groups -OCH3 is 1. The second-order valence-electron chi connectivity index (χ2n) is 6.46. The van der Waals surface area contributed by atoms with Crippen molar-refractivity contribution < 1.29 is 19.0 Å². The number of carbonyl (C=O) groups excluding carboxylic acids is 1. The summed E-state index contributed by atoms with van der Waals surface area (Å²) in [5.74, 6) is 1.68. The minimum absolute atomic E-state index is 0.193. The lowest BCUT2D eigenvalue weighted by Crippen LogP contribution is -2.30. The number of ether oxygens (including phenoxy) is 3. The maximum absolute atomic E-state index is 12.5. The summed E-state index contributed by atoms with van der Waals surface area (Å²) in [6.07, 6.45) is 0.410. The van der Waals surface area contributed by atoms with Gasteiger partial charge in [0, 0.05) is 12.8 Å². The maximum Gasteiger partial charge on any atom is 0.265 e. The molecule has 0 saturated heterocycles. The van der Waals surface area contributed by atoms with Gasteiger partial charge in [0.2, 0.25) is 0 Å². The molecule has 1 amide bonds. The van der Waals surface area contributed by atoms with Crippen LogP contribution in [-0.4, -0.2) is 32.3 Å². The molecule has 1 N–H and O–H groups in total. The van der Waals surface area contributed by atoms with Crippen molar-refractivity contribution in [3.05, 3.63) is 54.1 Å². The van der Waals surface area contributed by atoms with Gasteiger partial charge in [0.15, 0.2) is 6.10 Å². The molecule has 2 atom stereocenters. The molecule has 27 heavy (non-hydrogen) atoms. The van der Waals surface area contributed by atoms with Crippen molar-refractivity contribution in [2.45, 2.75) is 39.2 Å². The van der Waals surface area contributed by atoms with Gasteiger partial charge in [0.25, 0.3) is 5.91 Å². The van der Waals surface area contributed by atoms with Gasteiger partial charge >= 0.3 is 0 Å². The number of rotatable bonds is 10. The second-order valence-corrected chi connectivity index (χ2v) is 6.46. The minimum atomic E-state index is -0.604. The third-order valence-electron chi connectivity index (χ3n) is 4.41. The van der Waals surface area contributed by atoms with Crippen LogP contribution in [0.25, 0.3) is 0 Å². The topological polar surface area (TPSA) is 56.8 Å². The average molecular weight is 371 g/mol. The Labute approximate surface area is 161 Å². The summed E-state index contributed by atoms with van der Waals surface area (Å²) >= 11 is 0. The second kappa shape index (κ2) is 10.6. The van der Waals surface area contributed by atoms with Crippen molar-refractivity contribution in [1.82, 2.24) is 0 Å². The largest absolute Gasteiger partial charge is 0.491 e. The molecule has 2 aromatic rings. The van der Waals surface area contributed by atoms with Crippen LogP contribution in [0.3, 0.4) is 0 Å². The van der Waals surface area contributed by atoms with E-state index in [2.05, 4.69) is 25.2 Å². The van der Waals surface area contributed by atoms with E-state index in [0.29, 0.717) is 24.8 Å². The van der Waals surface area contributed by atoms with Gasteiger partial charge < -0.3 is 19.5 Å². The first kappa shape index (κ1) is 20.8. The Morgan fingerprint density at radius 1 is 1.04 bits per heavy atom. The zero-order chi connectivity index (χ0) is 19.6. The summed E-state index contributed by atoms with van der Waals surface area (Å²) in [6.45, 7) is 7.07. The minimum Gasteiger partial charge on any atom is -0.491 e. The van der Waals surface area contributed by atoms with Crippen LogP contribution >= 0.6 is 0 Å². The van der Waals surface area contributed by atoms with Crippen molar-refractivity contribution in [3.8, 4) is 11.5 Å². The lowest BCUT2D eigenvalue weighted by Gasteiger charge is -2.19. The van der Waals surface area contributed by atoms with Gasteiger partial charge in [-0.1, -0.05) is 32.0 Å². The first-order chi connectivity index (χ1) is 13.0. The summed E-state index contributed by atoms with van der Waals surface area (Å²) < 4.78 is 16.4. The summed E-state index contributed by atoms with van der Waals surface area (Å²) in [4.78, 5) is 12.5. The highest BCUT2D eigenvalue weighted by molar-refractivity contribution is 5.94. The SMILES string of the molecule is CCC(C)c1ccccc1OC(C)C(=O)Nc1ccc(OCCOC)cc1. The standard InChI is InChI=1S/C22H29NO4/c1-5-16(2)20-8-6-7-9-21(20)27-17(3)22(24)23-18-10-12-19(13-11-18)26-15-14-25-4/h6-13,16-17H,5,14-15H2,1-4H3,(H,23,24). The van der Waals surface area contributed by atoms with E-state index in [4.69, 9.17) is 14.2 Å². The Hall–Kier alpha value is -2.53. The number of carbonyl (C=O) groups is 1. The molecular formula is C22H29NO4. The normalized spacial score (nSPS) is 12.9. The number of nitrogens with one attached hydrogen (secondary N) is 1. The van der Waals surface area contributed by atoms with Gasteiger partial charge in [0.05, 0.1) is 6.61 Å². The number of para-hydroxylation sites is 1. The van der Waals surface area contributed by atoms with Crippen LogP contribution in [0.5, 0.6) is 11.5 Å². The summed E-state index contributed by atoms with van der Waals surface area (Å²) in [5, 5.41) is 2.87. The van der Waals surface area contributed by atoms with Crippen LogP contribution in [0.2, 0.25) is 0 Å². The molecular weight excluding hydrogens is 342 g/mol. The lowest BCUT2D eigenvalue weighted by molar-refractivity contribution is -0.122. The quantitative estimate of drug-likeness (QED) is 0.619. The molecule has 146 valence electrons. The summed E-state index contributed by atoms with van der Waals surface area (Å²) in [6, 6.07) is 15.1. The van der Waals surface area contributed by atoms with Crippen molar-refractivity contribution >= 4 is 11.6 Å². The molecule has 2 unspecified atom stereocenters. The number of amides is 1. The molecule has 0 bridgehead atoms. The Morgan fingerprint density at radius 3 is 2.41 bits per heavy atom. The molecule has 0 heterocycles. The summed E-state index contributed by atoms with van der Waals surface area (Å²) in [5.41, 5.74) is 1.82. The smallest absolute Gasteiger partial charge is 0.265 e. The zero-order valence-corrected chi connectivity index (χ0v) is 16.5. The molecule has 0 fully saturated rings. The fraction of sp³-hybridized carbons (Fsp3) is 0.409. The molecule has 2 rings (SSSR count). The third kappa shape index (κ3) is 6.29. The van der Waals surface area contributed by atoms with Gasteiger partial charge in [-0.15, -0.1) is 0 Å². The van der Waals surface area contributed by atoms with Crippen LogP contribution in [0.15, 0.2) is 48.5 Å². The van der Waals surface area contributed by atoms with Gasteiger partial charge in [-0.2, -0.15) is 0 Å². The van der Waals surface area contributed by atoms with Crippen LogP contribution in [0, 0.1) is 0 Å². The Kier molecular flexibility index (Phi) is 8.14. The number of hydrogen-bond acceptors (Lipinski definition) is 4. The van der Waals surface area contributed by atoms with Gasteiger partial charge in [-0.25, -0.2) is 0 Å². The molecule has 0 radical (unpaired) electrons. The number of anilines is 1. The fourth-order valence-electron chi connectivity index (χ4n) is 2.58. The number of benzene rings is 2. The Balaban J connectivity index is 1.94. The predicted molar refractivity (Wildman–Crippen MR) is 108 cm³/mol. The van der Waals surface area contributed by atoms with Gasteiger partial charge in [-0.05, 0) is 55.2 Å². The van der Waals surface area contributed by atoms with E-state index in [1.54, 1.807) is 26.2 Å². The van der Waals surface area contributed by atoms with E-state index in [-0.39, 0.29) is 5.91 Å². The molecule has 0 aliphatic rings. The van der Waals surface area contributed by atoms with E-state index in [1.165, 1.54) is 0 Å². The van der Waals surface area contributed by atoms with E-state index < -0.39 is 6.10 Å². The van der Waals surface area contributed by atoms with E-state index >= 15 is 0 Å². The fourth-order valence-corrected chi connectivity index (χ4v) is 2.58. The zero-order valence-electron chi connectivity index (χ0n) is 16.5. The summed E-state index contributed by atoms with van der Waals surface area (Å²) in [7, 11) is 1.63. The third-order valence-corrected chi connectivity index (χ3v) is 4.41. The molecule has 0 saturated carbocycles. The molecule has 2 aromatic carbocycles. The molecule has 0 aliphatic heterocycles. The van der Waals surface area contributed by atoms with Crippen molar-refractivity contribution in [2.24, 2.45) is 0 Å². The highest BCUT2D eigenvalue weighted by Gasteiger charge is 2.18. The van der Waals surface area contributed by atoms with Gasteiger partial charge in [-0.3, -0.25) is 4.79 Å². The Morgan fingerprint density at radius 2 is 1.74 bits per heavy atom. The van der Waals surface area contributed by atoms with Crippen LogP contribution in [0.1, 0.15) is 38.7 Å². The van der Waals surface area contributed by atoms with Gasteiger partial charge in [0.1, 0.15) is 18.1 Å². The van der Waals surface area contributed by atoms with E-state index in [0.717, 1.165) is 23.5 Å². The van der Waals surface area contributed by atoms with Crippen molar-refractivity contribution in [1.29, 1.82) is 0 Å². The van der Waals surface area contributed by atoms with Crippen LogP contribution in [-0.2, 0) is 9.53 Å². The van der Waals surface area contributed by atoms with Crippen molar-refractivity contribution in [3.63, 3.8) is 0 Å². The maximum atomic E-state index is 12.5. The highest BCUT2D eigenvalue weighted by Crippen LogP contribution is 2.29. The van der Waals surface area contributed by atoms with Crippen LogP contribution < -0.4 is 14.8 Å². The molecule has 0 aromatic heterocycles. The molecule has 0 spiro atoms. The first-order valence-electron chi connectivity index (χ1n) is 9.33. The van der Waals surface area contributed by atoms with Crippen LogP contribution in [0.4, 0.5) is 5.69 Å². The van der Waals surface area contributed by atoms with E-state index in [1.807, 2.05) is 30.3 Å². The molecule has 5 nitrogen and oxygen atoms in total. The lowest BCUT2D eigenvalue weighted by atomic mass is 9.98. The average Bonchev–Trinajstić information content (AvgIpc) is 2.69. The highest BCUT2D eigenvalue weighted by atomic mass is 16.5. The molecule has 5 heteroatoms. The predicted octanol–water partition coefficient (Wildman–Crippen LogP) is 4.63. The number of hydrogen-bond donors (Lipinski definition) is 1. The first-order valence-corrected chi connectivity index (χ1v) is 9.33. The van der Waals surface area contributed by atoms with Crippen molar-refractivity contribution in [2.75, 3.05) is 25.6 Å². The molecule has 0 aliphatic carbocycles. The van der Waals surface area contributed by atoms with E-state index in [9.17, 15) is 4.79 Å². The monoisotopic (exact) mass is 371 g/mol. The Bertz CT molecular complexity index is 715.